The first-order valence-corrected chi connectivity index (χ1v) is 3.99. The topological polar surface area (TPSA) is 27.0 Å². The average Bonchev–Trinajstić information content (AvgIpc) is 2.05. The predicted molar refractivity (Wildman–Crippen MR) is 38.0 cm³/mol. The fraction of sp³-hybridized carbons (Fsp3) is 0.875. The molecule has 10 heavy (non-hydrogen) atoms. The van der Waals surface area contributed by atoms with E-state index in [-0.39, 0.29) is 0 Å². The number of rotatable bonds is 0. The Morgan fingerprint density at radius 3 is 2.60 bits per heavy atom. The Bertz CT molecular complexity index is 182. The zero-order valence-electron chi connectivity index (χ0n) is 6.25. The summed E-state index contributed by atoms with van der Waals surface area (Å²) in [5.41, 5.74) is 0. The van der Waals surface area contributed by atoms with Gasteiger partial charge in [0.1, 0.15) is 0 Å². The SMILES string of the molecule is CC1[C@@H]2CC[C@H]2CN1C#N. The number of likely N-dealkylation sites (tertiary alicyclic amines) is 1. The van der Waals surface area contributed by atoms with E-state index in [0.29, 0.717) is 6.04 Å². The molecule has 1 aliphatic carbocycles. The Hall–Kier alpha value is -0.710. The zero-order valence-corrected chi connectivity index (χ0v) is 6.25. The molecule has 1 saturated heterocycles. The molecule has 2 aliphatic rings. The number of hydrogen-bond donors (Lipinski definition) is 0. The number of hydrogen-bond acceptors (Lipinski definition) is 2. The molecule has 2 rings (SSSR count). The first-order chi connectivity index (χ1) is 4.83. The molecule has 0 radical (unpaired) electrons. The second kappa shape index (κ2) is 1.88. The van der Waals surface area contributed by atoms with Gasteiger partial charge in [-0.15, -0.1) is 0 Å². The summed E-state index contributed by atoms with van der Waals surface area (Å²) in [6.45, 7) is 3.20. The van der Waals surface area contributed by atoms with E-state index in [2.05, 4.69) is 13.1 Å². The molecule has 0 amide bonds. The summed E-state index contributed by atoms with van der Waals surface area (Å²) >= 11 is 0. The van der Waals surface area contributed by atoms with Crippen molar-refractivity contribution in [2.24, 2.45) is 11.8 Å². The van der Waals surface area contributed by atoms with Crippen molar-refractivity contribution < 1.29 is 0 Å². The molecule has 2 nitrogen and oxygen atoms in total. The van der Waals surface area contributed by atoms with Crippen LogP contribution in [0.2, 0.25) is 0 Å². The second-order valence-corrected chi connectivity index (χ2v) is 3.49. The molecule has 2 fully saturated rings. The van der Waals surface area contributed by atoms with Gasteiger partial charge in [0.05, 0.1) is 0 Å². The minimum absolute atomic E-state index is 0.531. The summed E-state index contributed by atoms with van der Waals surface area (Å²) in [4.78, 5) is 1.93. The van der Waals surface area contributed by atoms with Crippen LogP contribution < -0.4 is 0 Å². The van der Waals surface area contributed by atoms with Gasteiger partial charge in [-0.25, -0.2) is 0 Å². The van der Waals surface area contributed by atoms with Gasteiger partial charge in [-0.05, 0) is 31.6 Å². The standard InChI is InChI=1S/C8H12N2/c1-6-8-3-2-7(8)4-10(6)5-9/h6-8H,2-4H2,1H3/t6?,7-,8-/m0/s1. The van der Waals surface area contributed by atoms with Crippen molar-refractivity contribution in [3.8, 4) is 6.19 Å². The fourth-order valence-corrected chi connectivity index (χ4v) is 2.24. The molecule has 1 saturated carbocycles. The molecule has 0 aromatic rings. The van der Waals surface area contributed by atoms with Crippen LogP contribution in [-0.4, -0.2) is 17.5 Å². The van der Waals surface area contributed by atoms with Crippen molar-refractivity contribution in [1.29, 1.82) is 5.26 Å². The van der Waals surface area contributed by atoms with Gasteiger partial charge in [0.15, 0.2) is 6.19 Å². The van der Waals surface area contributed by atoms with Crippen LogP contribution in [0.15, 0.2) is 0 Å². The van der Waals surface area contributed by atoms with Gasteiger partial charge in [-0.3, -0.25) is 0 Å². The first-order valence-electron chi connectivity index (χ1n) is 3.99. The Kier molecular flexibility index (Phi) is 1.14. The van der Waals surface area contributed by atoms with Crippen molar-refractivity contribution in [1.82, 2.24) is 4.90 Å². The molecule has 2 heteroatoms. The van der Waals surface area contributed by atoms with Crippen molar-refractivity contribution in [2.45, 2.75) is 25.8 Å². The maximum atomic E-state index is 8.68. The highest BCUT2D eigenvalue weighted by Gasteiger charge is 2.44. The first kappa shape index (κ1) is 6.03. The lowest BCUT2D eigenvalue weighted by molar-refractivity contribution is 0.209. The summed E-state index contributed by atoms with van der Waals surface area (Å²) in [5.74, 6) is 1.70. The number of nitrogens with zero attached hydrogens (tertiary/aromatic N) is 2. The maximum absolute atomic E-state index is 8.68. The van der Waals surface area contributed by atoms with E-state index in [9.17, 15) is 0 Å². The average molecular weight is 136 g/mol. The molecular formula is C8H12N2. The van der Waals surface area contributed by atoms with Gasteiger partial charge in [-0.2, -0.15) is 5.26 Å². The summed E-state index contributed by atoms with van der Waals surface area (Å²) in [5, 5.41) is 8.68. The fourth-order valence-electron chi connectivity index (χ4n) is 2.24. The highest BCUT2D eigenvalue weighted by Crippen LogP contribution is 2.44. The molecular weight excluding hydrogens is 124 g/mol. The van der Waals surface area contributed by atoms with Gasteiger partial charge in [0, 0.05) is 12.6 Å². The number of fused-ring (bicyclic) bond motifs is 1. The van der Waals surface area contributed by atoms with E-state index in [4.69, 9.17) is 5.26 Å². The normalized spacial score (nSPS) is 44.0. The quantitative estimate of drug-likeness (QED) is 0.468. The van der Waals surface area contributed by atoms with Gasteiger partial charge in [-0.1, -0.05) is 0 Å². The van der Waals surface area contributed by atoms with E-state index in [1.807, 2.05) is 4.90 Å². The van der Waals surface area contributed by atoms with Crippen LogP contribution in [0.3, 0.4) is 0 Å². The molecule has 0 aromatic heterocycles. The lowest BCUT2D eigenvalue weighted by atomic mass is 9.73. The third-order valence-electron chi connectivity index (χ3n) is 3.15. The van der Waals surface area contributed by atoms with Gasteiger partial charge in [0.25, 0.3) is 0 Å². The van der Waals surface area contributed by atoms with Crippen LogP contribution in [0.5, 0.6) is 0 Å². The van der Waals surface area contributed by atoms with E-state index < -0.39 is 0 Å². The zero-order chi connectivity index (χ0) is 7.14. The lowest BCUT2D eigenvalue weighted by Gasteiger charge is -2.30. The molecule has 54 valence electrons. The minimum Gasteiger partial charge on any atom is -0.307 e. The van der Waals surface area contributed by atoms with Crippen LogP contribution in [0.25, 0.3) is 0 Å². The minimum atomic E-state index is 0.531. The van der Waals surface area contributed by atoms with Crippen molar-refractivity contribution >= 4 is 0 Å². The molecule has 0 aromatic carbocycles. The summed E-state index contributed by atoms with van der Waals surface area (Å²) in [6.07, 6.45) is 4.95. The number of nitriles is 1. The van der Waals surface area contributed by atoms with Crippen LogP contribution >= 0.6 is 0 Å². The third-order valence-corrected chi connectivity index (χ3v) is 3.15. The smallest absolute Gasteiger partial charge is 0.179 e. The molecule has 0 N–H and O–H groups in total. The molecule has 1 aliphatic heterocycles. The molecule has 0 bridgehead atoms. The largest absolute Gasteiger partial charge is 0.307 e. The molecule has 0 spiro atoms. The van der Waals surface area contributed by atoms with E-state index in [0.717, 1.165) is 18.4 Å². The third kappa shape index (κ3) is 0.581. The van der Waals surface area contributed by atoms with Crippen LogP contribution in [0.4, 0.5) is 0 Å². The predicted octanol–water partition coefficient (Wildman–Crippen LogP) is 1.20. The van der Waals surface area contributed by atoms with E-state index >= 15 is 0 Å². The highest BCUT2D eigenvalue weighted by atomic mass is 15.2. The van der Waals surface area contributed by atoms with E-state index in [1.54, 1.807) is 0 Å². The summed E-state index contributed by atoms with van der Waals surface area (Å²) in [6, 6.07) is 0.531. The summed E-state index contributed by atoms with van der Waals surface area (Å²) in [7, 11) is 0. The van der Waals surface area contributed by atoms with Gasteiger partial charge >= 0.3 is 0 Å². The van der Waals surface area contributed by atoms with E-state index in [1.165, 1.54) is 12.8 Å². The molecule has 1 heterocycles. The monoisotopic (exact) mass is 136 g/mol. The highest BCUT2D eigenvalue weighted by molar-refractivity contribution is 5.00. The van der Waals surface area contributed by atoms with Gasteiger partial charge < -0.3 is 4.90 Å². The van der Waals surface area contributed by atoms with Crippen LogP contribution in [0, 0.1) is 23.3 Å². The lowest BCUT2D eigenvalue weighted by Crippen LogP contribution is -2.29. The Morgan fingerprint density at radius 1 is 1.50 bits per heavy atom. The van der Waals surface area contributed by atoms with Gasteiger partial charge in [0.2, 0.25) is 0 Å². The Morgan fingerprint density at radius 2 is 2.30 bits per heavy atom. The maximum Gasteiger partial charge on any atom is 0.179 e. The van der Waals surface area contributed by atoms with Crippen LogP contribution in [0.1, 0.15) is 19.8 Å². The van der Waals surface area contributed by atoms with Crippen molar-refractivity contribution in [3.05, 3.63) is 0 Å². The van der Waals surface area contributed by atoms with Crippen molar-refractivity contribution in [2.75, 3.05) is 6.54 Å². The second-order valence-electron chi connectivity index (χ2n) is 3.49. The molecule has 3 atom stereocenters. The van der Waals surface area contributed by atoms with Crippen LogP contribution in [-0.2, 0) is 0 Å². The van der Waals surface area contributed by atoms with Crippen molar-refractivity contribution in [3.63, 3.8) is 0 Å². The summed E-state index contributed by atoms with van der Waals surface area (Å²) < 4.78 is 0. The Balaban J connectivity index is 2.10. The Labute approximate surface area is 61.4 Å². The molecule has 1 unspecified atom stereocenters.